The summed E-state index contributed by atoms with van der Waals surface area (Å²) in [7, 11) is 0. The van der Waals surface area contributed by atoms with Gasteiger partial charge in [0.25, 0.3) is 0 Å². The molecule has 0 aromatic rings. The van der Waals surface area contributed by atoms with Gasteiger partial charge in [-0.3, -0.25) is 10.9 Å². The van der Waals surface area contributed by atoms with Crippen molar-refractivity contribution in [3.8, 4) is 0 Å². The first-order valence-electron chi connectivity index (χ1n) is 12.8. The molecule has 0 aromatic carbocycles. The number of amides is 2. The maximum absolute atomic E-state index is 12.3. The number of nitrogens with one attached hydrogen (secondary N) is 6. The molecule has 204 valence electrons. The summed E-state index contributed by atoms with van der Waals surface area (Å²) in [6.45, 7) is 12.0. The van der Waals surface area contributed by atoms with Gasteiger partial charge in [-0.25, -0.2) is 15.6 Å². The Morgan fingerprint density at radius 3 is 1.25 bits per heavy atom. The monoisotopic (exact) mass is 540 g/mol. The van der Waals surface area contributed by atoms with Crippen LogP contribution in [0.3, 0.4) is 0 Å². The third-order valence-corrected chi connectivity index (χ3v) is 6.12. The lowest BCUT2D eigenvalue weighted by molar-refractivity contribution is 0.234. The fourth-order valence-electron chi connectivity index (χ4n) is 4.01. The lowest BCUT2D eigenvalue weighted by atomic mass is 9.90. The van der Waals surface area contributed by atoms with Gasteiger partial charge in [-0.15, -0.1) is 0 Å². The molecule has 2 amide bonds. The second-order valence-corrected chi connectivity index (χ2v) is 12.5. The summed E-state index contributed by atoms with van der Waals surface area (Å²) in [6, 6.07) is -0.550. The van der Waals surface area contributed by atoms with Gasteiger partial charge in [0.1, 0.15) is 0 Å². The number of hydrogen-bond donors (Lipinski definition) is 6. The quantitative estimate of drug-likeness (QED) is 0.170. The summed E-state index contributed by atoms with van der Waals surface area (Å²) >= 11 is 10.8. The maximum atomic E-state index is 12.3. The summed E-state index contributed by atoms with van der Waals surface area (Å²) in [4.78, 5) is 12.3. The third kappa shape index (κ3) is 11.3. The van der Waals surface area contributed by atoms with Crippen LogP contribution in [0.5, 0.6) is 0 Å². The van der Waals surface area contributed by atoms with Crippen LogP contribution in [-0.2, 0) is 0 Å². The van der Waals surface area contributed by atoms with Gasteiger partial charge >= 0.3 is 6.03 Å². The van der Waals surface area contributed by atoms with Gasteiger partial charge in [0, 0.05) is 0 Å². The minimum Gasteiger partial charge on any atom is -0.336 e. The lowest BCUT2D eigenvalue weighted by Crippen LogP contribution is -2.60. The van der Waals surface area contributed by atoms with E-state index in [0.29, 0.717) is 0 Å². The van der Waals surface area contributed by atoms with E-state index >= 15 is 0 Å². The number of hydrazine groups is 2. The average Bonchev–Trinajstić information content (AvgIpc) is 2.79. The molecule has 2 fully saturated rings. The van der Waals surface area contributed by atoms with Gasteiger partial charge in [-0.1, -0.05) is 12.8 Å². The van der Waals surface area contributed by atoms with Crippen LogP contribution in [0.2, 0.25) is 0 Å². The zero-order valence-corrected chi connectivity index (χ0v) is 24.2. The molecule has 36 heavy (non-hydrogen) atoms. The van der Waals surface area contributed by atoms with Crippen LogP contribution in [-0.4, -0.2) is 38.7 Å². The first-order chi connectivity index (χ1) is 16.7. The molecule has 11 nitrogen and oxygen atoms in total. The topological polar surface area (TPSA) is 139 Å². The molecule has 0 bridgehead atoms. The summed E-state index contributed by atoms with van der Waals surface area (Å²) < 4.78 is 0. The Hall–Kier alpha value is -2.15. The molecule has 0 atom stereocenters. The number of urea groups is 1. The van der Waals surface area contributed by atoms with Crippen LogP contribution in [0.25, 0.3) is 0 Å². The predicted molar refractivity (Wildman–Crippen MR) is 150 cm³/mol. The summed E-state index contributed by atoms with van der Waals surface area (Å²) in [5.41, 5.74) is 8.78. The Morgan fingerprint density at radius 1 is 0.611 bits per heavy atom. The van der Waals surface area contributed by atoms with Crippen LogP contribution in [0.15, 0.2) is 20.5 Å². The van der Waals surface area contributed by atoms with E-state index in [1.54, 1.807) is 0 Å². The Balaban J connectivity index is 1.83. The molecule has 2 aliphatic rings. The van der Waals surface area contributed by atoms with E-state index in [4.69, 9.17) is 24.4 Å². The molecule has 2 saturated carbocycles. The maximum Gasteiger partial charge on any atom is 0.352 e. The Kier molecular flexibility index (Phi) is 10.8. The van der Waals surface area contributed by atoms with Crippen LogP contribution in [0, 0.1) is 0 Å². The minimum atomic E-state index is -0.562. The molecule has 0 saturated heterocycles. The Morgan fingerprint density at radius 2 is 0.944 bits per heavy atom. The molecule has 0 heterocycles. The molecule has 2 rings (SSSR count). The molecule has 0 aromatic heterocycles. The van der Waals surface area contributed by atoms with Crippen molar-refractivity contribution in [2.75, 3.05) is 0 Å². The second-order valence-electron chi connectivity index (χ2n) is 11.7. The number of carbonyl (C=O) groups is 1. The molecule has 0 spiro atoms. The summed E-state index contributed by atoms with van der Waals surface area (Å²) in [5, 5.41) is 25.2. The lowest BCUT2D eigenvalue weighted by Gasteiger charge is -2.35. The normalized spacial score (nSPS) is 19.9. The highest BCUT2D eigenvalue weighted by Crippen LogP contribution is 2.31. The smallest absolute Gasteiger partial charge is 0.336 e. The van der Waals surface area contributed by atoms with Gasteiger partial charge < -0.3 is 10.6 Å². The van der Waals surface area contributed by atoms with Crippen molar-refractivity contribution in [3.05, 3.63) is 0 Å². The first kappa shape index (κ1) is 30.1. The zero-order chi connectivity index (χ0) is 26.9. The van der Waals surface area contributed by atoms with Gasteiger partial charge in [-0.2, -0.15) is 20.5 Å². The molecular formula is C23H44N10OS2. The predicted octanol–water partition coefficient (Wildman–Crippen LogP) is 4.87. The molecular weight excluding hydrogens is 496 g/mol. The van der Waals surface area contributed by atoms with Crippen molar-refractivity contribution in [2.45, 2.75) is 128 Å². The summed E-state index contributed by atoms with van der Waals surface area (Å²) in [6.07, 6.45) is 9.80. The number of rotatable bonds is 4. The number of nitrogens with zero attached hydrogens (tertiary/aromatic N) is 4. The molecule has 0 aliphatic heterocycles. The van der Waals surface area contributed by atoms with E-state index in [2.05, 4.69) is 52.8 Å². The van der Waals surface area contributed by atoms with Crippen molar-refractivity contribution >= 4 is 40.7 Å². The van der Waals surface area contributed by atoms with E-state index in [9.17, 15) is 4.79 Å². The van der Waals surface area contributed by atoms with Crippen LogP contribution in [0.1, 0.15) is 106 Å². The number of thiocarbonyl (C=S) groups is 2. The van der Waals surface area contributed by atoms with Crippen LogP contribution < -0.4 is 32.3 Å². The standard InChI is InChI=1S/C23H44N10OS2/c1-20(2,3)30-32-22(13-9-7-10-14-22)24-18(35)28-26-17(34)27-29-19(36)25-23(15-11-8-12-16-23)33-31-21(4,5)6/h7-16H2,1-6H3,(H2,24,28,35)(H2,25,29,36)(H2,26,27,34)/b32-30+,33-31+. The fraction of sp³-hybridized carbons (Fsp3) is 0.870. The van der Waals surface area contributed by atoms with Crippen molar-refractivity contribution in [2.24, 2.45) is 20.5 Å². The zero-order valence-electron chi connectivity index (χ0n) is 22.6. The highest BCUT2D eigenvalue weighted by Gasteiger charge is 2.34. The third-order valence-electron chi connectivity index (χ3n) is 5.72. The van der Waals surface area contributed by atoms with Crippen molar-refractivity contribution in [1.82, 2.24) is 32.3 Å². The van der Waals surface area contributed by atoms with E-state index in [-0.39, 0.29) is 21.3 Å². The largest absolute Gasteiger partial charge is 0.352 e. The summed E-state index contributed by atoms with van der Waals surface area (Å²) in [5.74, 6) is 0. The highest BCUT2D eigenvalue weighted by molar-refractivity contribution is 7.80. The molecule has 13 heteroatoms. The molecule has 0 unspecified atom stereocenters. The Labute approximate surface area is 226 Å². The van der Waals surface area contributed by atoms with Crippen molar-refractivity contribution in [1.29, 1.82) is 0 Å². The second kappa shape index (κ2) is 12.9. The molecule has 2 aliphatic carbocycles. The number of carbonyl (C=O) groups excluding carboxylic acids is 1. The fourth-order valence-corrected chi connectivity index (χ4v) is 4.49. The number of hydrogen-bond acceptors (Lipinski definition) is 7. The van der Waals surface area contributed by atoms with E-state index in [1.165, 1.54) is 0 Å². The van der Waals surface area contributed by atoms with E-state index in [0.717, 1.165) is 64.2 Å². The molecule has 0 radical (unpaired) electrons. The van der Waals surface area contributed by atoms with Crippen LogP contribution in [0.4, 0.5) is 4.79 Å². The van der Waals surface area contributed by atoms with Crippen LogP contribution >= 0.6 is 24.4 Å². The Bertz CT molecular complexity index is 754. The number of azo groups is 2. The highest BCUT2D eigenvalue weighted by atomic mass is 32.1. The van der Waals surface area contributed by atoms with Gasteiger partial charge in [-0.05, 0) is 117 Å². The molecule has 6 N–H and O–H groups in total. The first-order valence-corrected chi connectivity index (χ1v) is 13.6. The minimum absolute atomic E-state index is 0.268. The van der Waals surface area contributed by atoms with Gasteiger partial charge in [0.05, 0.1) is 11.1 Å². The van der Waals surface area contributed by atoms with Gasteiger partial charge in [0.2, 0.25) is 0 Å². The average molecular weight is 541 g/mol. The van der Waals surface area contributed by atoms with Gasteiger partial charge in [0.15, 0.2) is 21.6 Å². The van der Waals surface area contributed by atoms with E-state index in [1.807, 2.05) is 41.5 Å². The van der Waals surface area contributed by atoms with Crippen molar-refractivity contribution in [3.63, 3.8) is 0 Å². The van der Waals surface area contributed by atoms with E-state index < -0.39 is 17.4 Å². The SMILES string of the molecule is CC(C)(C)/N=N/C1(NC(=S)NNC(=O)NNC(=S)NC2(/N=N/C(C)(C)C)CCCCC2)CCCCC1. The van der Waals surface area contributed by atoms with Crippen molar-refractivity contribution < 1.29 is 4.79 Å².